The summed E-state index contributed by atoms with van der Waals surface area (Å²) in [5.74, 6) is 1.49. The van der Waals surface area contributed by atoms with E-state index < -0.39 is 0 Å². The summed E-state index contributed by atoms with van der Waals surface area (Å²) in [6.45, 7) is 1.95. The number of hydrogen-bond acceptors (Lipinski definition) is 6. The summed E-state index contributed by atoms with van der Waals surface area (Å²) >= 11 is 0. The third kappa shape index (κ3) is 4.05. The SMILES string of the molecule is CNc1nc(-c2ccc(C)c(NC(=O)c3ccccc3)c2)c2cc(OC)c(OC)cc2n1. The number of methoxy groups -OCH3 is 2. The van der Waals surface area contributed by atoms with E-state index in [1.54, 1.807) is 33.4 Å². The second-order valence-corrected chi connectivity index (χ2v) is 7.22. The van der Waals surface area contributed by atoms with Crippen molar-refractivity contribution in [2.75, 3.05) is 31.9 Å². The van der Waals surface area contributed by atoms with Gasteiger partial charge in [0.1, 0.15) is 0 Å². The van der Waals surface area contributed by atoms with Gasteiger partial charge in [-0.05, 0) is 36.8 Å². The van der Waals surface area contributed by atoms with Gasteiger partial charge in [0.15, 0.2) is 11.5 Å². The van der Waals surface area contributed by atoms with Crippen molar-refractivity contribution < 1.29 is 14.3 Å². The van der Waals surface area contributed by atoms with Gasteiger partial charge in [-0.15, -0.1) is 0 Å². The lowest BCUT2D eigenvalue weighted by atomic mass is 10.0. The summed E-state index contributed by atoms with van der Waals surface area (Å²) < 4.78 is 10.9. The topological polar surface area (TPSA) is 85.4 Å². The highest BCUT2D eigenvalue weighted by atomic mass is 16.5. The van der Waals surface area contributed by atoms with Crippen LogP contribution in [0.1, 0.15) is 15.9 Å². The van der Waals surface area contributed by atoms with E-state index in [0.717, 1.165) is 27.9 Å². The molecule has 0 atom stereocenters. The number of carbonyl (C=O) groups is 1. The third-order valence-electron chi connectivity index (χ3n) is 5.22. The van der Waals surface area contributed by atoms with Gasteiger partial charge in [-0.1, -0.05) is 30.3 Å². The van der Waals surface area contributed by atoms with Crippen LogP contribution in [-0.2, 0) is 0 Å². The van der Waals surface area contributed by atoms with E-state index in [1.807, 2.05) is 55.5 Å². The first-order chi connectivity index (χ1) is 15.5. The Balaban J connectivity index is 1.83. The molecule has 7 heteroatoms. The number of carbonyl (C=O) groups excluding carboxylic acids is 1. The zero-order chi connectivity index (χ0) is 22.7. The van der Waals surface area contributed by atoms with Crippen molar-refractivity contribution in [3.05, 3.63) is 71.8 Å². The first-order valence-electron chi connectivity index (χ1n) is 10.1. The second kappa shape index (κ2) is 8.93. The Bertz CT molecular complexity index is 1290. The zero-order valence-electron chi connectivity index (χ0n) is 18.4. The maximum Gasteiger partial charge on any atom is 0.255 e. The Kier molecular flexibility index (Phi) is 5.89. The fourth-order valence-corrected chi connectivity index (χ4v) is 3.48. The van der Waals surface area contributed by atoms with Crippen LogP contribution in [0.25, 0.3) is 22.2 Å². The normalized spacial score (nSPS) is 10.6. The molecule has 1 aromatic heterocycles. The molecule has 0 fully saturated rings. The van der Waals surface area contributed by atoms with E-state index in [0.29, 0.717) is 28.5 Å². The predicted octanol–water partition coefficient (Wildman–Crippen LogP) is 4.92. The lowest BCUT2D eigenvalue weighted by Gasteiger charge is -2.14. The lowest BCUT2D eigenvalue weighted by Crippen LogP contribution is -2.12. The average Bonchev–Trinajstić information content (AvgIpc) is 2.84. The number of amides is 1. The molecule has 1 heterocycles. The van der Waals surface area contributed by atoms with E-state index in [9.17, 15) is 4.79 Å². The molecule has 0 aliphatic carbocycles. The van der Waals surface area contributed by atoms with Crippen LogP contribution in [0.5, 0.6) is 11.5 Å². The fourth-order valence-electron chi connectivity index (χ4n) is 3.48. The standard InChI is InChI=1S/C25H24N4O3/c1-15-10-11-17(12-19(15)27-24(30)16-8-6-5-7-9-16)23-18-13-21(31-3)22(32-4)14-20(18)28-25(26-2)29-23/h5-14H,1-4H3,(H,27,30)(H,26,28,29). The van der Waals surface area contributed by atoms with Crippen molar-refractivity contribution >= 4 is 28.4 Å². The molecule has 3 aromatic carbocycles. The molecule has 0 aliphatic heterocycles. The summed E-state index contributed by atoms with van der Waals surface area (Å²) in [4.78, 5) is 22.0. The molecule has 0 spiro atoms. The van der Waals surface area contributed by atoms with Crippen molar-refractivity contribution in [1.82, 2.24) is 9.97 Å². The number of aryl methyl sites for hydroxylation is 1. The highest BCUT2D eigenvalue weighted by molar-refractivity contribution is 6.05. The van der Waals surface area contributed by atoms with Gasteiger partial charge in [0.2, 0.25) is 5.95 Å². The van der Waals surface area contributed by atoms with Crippen molar-refractivity contribution in [3.63, 3.8) is 0 Å². The number of rotatable bonds is 6. The summed E-state index contributed by atoms with van der Waals surface area (Å²) in [5.41, 5.74) is 4.54. The lowest BCUT2D eigenvalue weighted by molar-refractivity contribution is 0.102. The number of benzene rings is 3. The smallest absolute Gasteiger partial charge is 0.255 e. The van der Waals surface area contributed by atoms with Gasteiger partial charge >= 0.3 is 0 Å². The molecule has 2 N–H and O–H groups in total. The van der Waals surface area contributed by atoms with Gasteiger partial charge in [-0.25, -0.2) is 9.97 Å². The molecule has 0 bridgehead atoms. The molecule has 0 saturated carbocycles. The van der Waals surface area contributed by atoms with Crippen LogP contribution in [0.4, 0.5) is 11.6 Å². The molecule has 4 aromatic rings. The Morgan fingerprint density at radius 2 is 1.62 bits per heavy atom. The number of anilines is 2. The van der Waals surface area contributed by atoms with Crippen LogP contribution in [0, 0.1) is 6.92 Å². The van der Waals surface area contributed by atoms with Crippen molar-refractivity contribution in [1.29, 1.82) is 0 Å². The van der Waals surface area contributed by atoms with E-state index in [1.165, 1.54) is 0 Å². The van der Waals surface area contributed by atoms with Crippen LogP contribution >= 0.6 is 0 Å². The predicted molar refractivity (Wildman–Crippen MR) is 127 cm³/mol. The molecule has 162 valence electrons. The molecule has 0 radical (unpaired) electrons. The molecule has 0 saturated heterocycles. The van der Waals surface area contributed by atoms with Gasteiger partial charge in [-0.2, -0.15) is 0 Å². The summed E-state index contributed by atoms with van der Waals surface area (Å²) in [7, 11) is 4.95. The Labute approximate surface area is 186 Å². The van der Waals surface area contributed by atoms with Crippen molar-refractivity contribution in [2.24, 2.45) is 0 Å². The molecular formula is C25H24N4O3. The Morgan fingerprint density at radius 1 is 0.906 bits per heavy atom. The minimum absolute atomic E-state index is 0.166. The van der Waals surface area contributed by atoms with Crippen molar-refractivity contribution in [3.8, 4) is 22.8 Å². The molecule has 1 amide bonds. The highest BCUT2D eigenvalue weighted by Crippen LogP contribution is 2.37. The van der Waals surface area contributed by atoms with E-state index in [-0.39, 0.29) is 5.91 Å². The Morgan fingerprint density at radius 3 is 2.31 bits per heavy atom. The third-order valence-corrected chi connectivity index (χ3v) is 5.22. The van der Waals surface area contributed by atoms with Gasteiger partial charge < -0.3 is 20.1 Å². The van der Waals surface area contributed by atoms with Crippen LogP contribution in [0.3, 0.4) is 0 Å². The highest BCUT2D eigenvalue weighted by Gasteiger charge is 2.16. The number of ether oxygens (including phenoxy) is 2. The van der Waals surface area contributed by atoms with Gasteiger partial charge in [0.25, 0.3) is 5.91 Å². The van der Waals surface area contributed by atoms with Crippen LogP contribution in [0.15, 0.2) is 60.7 Å². The van der Waals surface area contributed by atoms with E-state index in [4.69, 9.17) is 14.5 Å². The fraction of sp³-hybridized carbons (Fsp3) is 0.160. The number of fused-ring (bicyclic) bond motifs is 1. The summed E-state index contributed by atoms with van der Waals surface area (Å²) in [5, 5.41) is 6.83. The second-order valence-electron chi connectivity index (χ2n) is 7.22. The Hall–Kier alpha value is -4.13. The zero-order valence-corrected chi connectivity index (χ0v) is 18.4. The first-order valence-corrected chi connectivity index (χ1v) is 10.1. The molecule has 4 rings (SSSR count). The molecule has 0 aliphatic rings. The van der Waals surface area contributed by atoms with Crippen molar-refractivity contribution in [2.45, 2.75) is 6.92 Å². The number of nitrogens with one attached hydrogen (secondary N) is 2. The molecule has 32 heavy (non-hydrogen) atoms. The molecule has 0 unspecified atom stereocenters. The minimum atomic E-state index is -0.166. The van der Waals surface area contributed by atoms with E-state index >= 15 is 0 Å². The number of nitrogens with zero attached hydrogens (tertiary/aromatic N) is 2. The number of aromatic nitrogens is 2. The monoisotopic (exact) mass is 428 g/mol. The number of hydrogen-bond donors (Lipinski definition) is 2. The van der Waals surface area contributed by atoms with Crippen LogP contribution in [-0.4, -0.2) is 37.1 Å². The van der Waals surface area contributed by atoms with Crippen LogP contribution < -0.4 is 20.1 Å². The maximum absolute atomic E-state index is 12.7. The van der Waals surface area contributed by atoms with Gasteiger partial charge in [-0.3, -0.25) is 4.79 Å². The molecule has 7 nitrogen and oxygen atoms in total. The van der Waals surface area contributed by atoms with E-state index in [2.05, 4.69) is 15.6 Å². The maximum atomic E-state index is 12.7. The summed E-state index contributed by atoms with van der Waals surface area (Å²) in [6.07, 6.45) is 0. The minimum Gasteiger partial charge on any atom is -0.493 e. The van der Waals surface area contributed by atoms with Crippen LogP contribution in [0.2, 0.25) is 0 Å². The average molecular weight is 428 g/mol. The summed E-state index contributed by atoms with van der Waals surface area (Å²) in [6, 6.07) is 18.7. The molecular weight excluding hydrogens is 404 g/mol. The largest absolute Gasteiger partial charge is 0.493 e. The van der Waals surface area contributed by atoms with Gasteiger partial charge in [0.05, 0.1) is 25.4 Å². The quantitative estimate of drug-likeness (QED) is 0.454. The first kappa shape index (κ1) is 21.1. The van der Waals surface area contributed by atoms with Gasteiger partial charge in [0, 0.05) is 35.3 Å².